The molecule has 0 heterocycles. The van der Waals surface area contributed by atoms with Gasteiger partial charge in [0.25, 0.3) is 0 Å². The van der Waals surface area contributed by atoms with Crippen LogP contribution < -0.4 is 9.64 Å². The highest BCUT2D eigenvalue weighted by atomic mass is 16.5. The molecular formula is C25H30NO3+. The lowest BCUT2D eigenvalue weighted by Gasteiger charge is -2.23. The molecule has 0 aromatic heterocycles. The van der Waals surface area contributed by atoms with Crippen molar-refractivity contribution in [3.8, 4) is 5.75 Å². The molecule has 3 aromatic carbocycles. The Hall–Kier alpha value is -2.66. The van der Waals surface area contributed by atoms with Crippen LogP contribution in [0.2, 0.25) is 0 Å². The van der Waals surface area contributed by atoms with E-state index in [1.165, 1.54) is 16.0 Å². The summed E-state index contributed by atoms with van der Waals surface area (Å²) in [5.41, 5.74) is 3.60. The third-order valence-electron chi connectivity index (χ3n) is 4.86. The molecule has 0 spiro atoms. The highest BCUT2D eigenvalue weighted by molar-refractivity contribution is 5.26. The molecule has 1 atom stereocenters. The summed E-state index contributed by atoms with van der Waals surface area (Å²) in [6.45, 7) is 3.16. The molecule has 4 heteroatoms. The molecule has 0 bridgehead atoms. The van der Waals surface area contributed by atoms with Crippen molar-refractivity contribution >= 4 is 0 Å². The molecule has 0 fully saturated rings. The number of benzene rings is 3. The monoisotopic (exact) mass is 392 g/mol. The molecule has 2 N–H and O–H groups in total. The molecule has 4 nitrogen and oxygen atoms in total. The first kappa shape index (κ1) is 21.1. The number of rotatable bonds is 11. The van der Waals surface area contributed by atoms with Crippen LogP contribution in [0.1, 0.15) is 16.7 Å². The Morgan fingerprint density at radius 1 is 0.759 bits per heavy atom. The minimum atomic E-state index is -0.518. The zero-order valence-corrected chi connectivity index (χ0v) is 17.0. The molecule has 152 valence electrons. The van der Waals surface area contributed by atoms with Gasteiger partial charge < -0.3 is 19.5 Å². The molecule has 0 amide bonds. The third kappa shape index (κ3) is 7.35. The van der Waals surface area contributed by atoms with Crippen LogP contribution in [0, 0.1) is 0 Å². The van der Waals surface area contributed by atoms with Gasteiger partial charge in [-0.2, -0.15) is 0 Å². The number of aliphatic hydroxyl groups is 1. The molecule has 0 saturated heterocycles. The van der Waals surface area contributed by atoms with Crippen molar-refractivity contribution in [1.29, 1.82) is 0 Å². The van der Waals surface area contributed by atoms with E-state index in [0.717, 1.165) is 24.4 Å². The molecule has 0 radical (unpaired) electrons. The summed E-state index contributed by atoms with van der Waals surface area (Å²) in [7, 11) is 1.65. The summed E-state index contributed by atoms with van der Waals surface area (Å²) < 4.78 is 10.9. The van der Waals surface area contributed by atoms with Gasteiger partial charge in [-0.15, -0.1) is 0 Å². The normalized spacial score (nSPS) is 12.1. The first-order chi connectivity index (χ1) is 14.2. The fourth-order valence-corrected chi connectivity index (χ4v) is 3.40. The van der Waals surface area contributed by atoms with Crippen LogP contribution in [-0.2, 0) is 24.4 Å². The Balaban J connectivity index is 1.52. The van der Waals surface area contributed by atoms with E-state index in [0.29, 0.717) is 19.8 Å². The zero-order valence-electron chi connectivity index (χ0n) is 17.0. The maximum absolute atomic E-state index is 10.6. The van der Waals surface area contributed by atoms with Crippen molar-refractivity contribution in [3.63, 3.8) is 0 Å². The van der Waals surface area contributed by atoms with Gasteiger partial charge in [0, 0.05) is 11.1 Å². The Morgan fingerprint density at radius 3 is 1.83 bits per heavy atom. The van der Waals surface area contributed by atoms with E-state index in [1.807, 2.05) is 36.4 Å². The lowest BCUT2D eigenvalue weighted by atomic mass is 10.1. The van der Waals surface area contributed by atoms with Gasteiger partial charge in [0.05, 0.1) is 20.3 Å². The number of methoxy groups -OCH3 is 1. The maximum atomic E-state index is 10.6. The Bertz CT molecular complexity index is 780. The fraction of sp³-hybridized carbons (Fsp3) is 0.280. The molecule has 0 unspecified atom stereocenters. The van der Waals surface area contributed by atoms with E-state index in [9.17, 15) is 5.11 Å². The van der Waals surface area contributed by atoms with E-state index < -0.39 is 6.10 Å². The molecular weight excluding hydrogens is 362 g/mol. The van der Waals surface area contributed by atoms with Crippen LogP contribution in [0.25, 0.3) is 0 Å². The molecule has 0 aliphatic rings. The van der Waals surface area contributed by atoms with Gasteiger partial charge in [-0.25, -0.2) is 0 Å². The van der Waals surface area contributed by atoms with Crippen molar-refractivity contribution in [1.82, 2.24) is 0 Å². The van der Waals surface area contributed by atoms with Crippen LogP contribution >= 0.6 is 0 Å². The lowest BCUT2D eigenvalue weighted by Crippen LogP contribution is -3.10. The van der Waals surface area contributed by atoms with Crippen LogP contribution in [-0.4, -0.2) is 31.5 Å². The second-order valence-corrected chi connectivity index (χ2v) is 7.30. The largest absolute Gasteiger partial charge is 0.497 e. The topological polar surface area (TPSA) is 43.1 Å². The average Bonchev–Trinajstić information content (AvgIpc) is 2.75. The van der Waals surface area contributed by atoms with E-state index in [4.69, 9.17) is 9.47 Å². The minimum absolute atomic E-state index is 0.319. The average molecular weight is 393 g/mol. The van der Waals surface area contributed by atoms with Crippen LogP contribution in [0.3, 0.4) is 0 Å². The first-order valence-corrected chi connectivity index (χ1v) is 10.0. The number of aliphatic hydroxyl groups excluding tert-OH is 1. The molecule has 29 heavy (non-hydrogen) atoms. The van der Waals surface area contributed by atoms with E-state index in [-0.39, 0.29) is 0 Å². The Labute approximate surface area is 173 Å². The molecule has 0 aliphatic heterocycles. The van der Waals surface area contributed by atoms with Gasteiger partial charge in [-0.05, 0) is 17.7 Å². The predicted molar refractivity (Wildman–Crippen MR) is 115 cm³/mol. The van der Waals surface area contributed by atoms with Gasteiger partial charge in [-0.1, -0.05) is 72.8 Å². The van der Waals surface area contributed by atoms with Crippen molar-refractivity contribution in [2.75, 3.05) is 20.3 Å². The van der Waals surface area contributed by atoms with Gasteiger partial charge in [-0.3, -0.25) is 0 Å². The number of ether oxygens (including phenoxy) is 2. The predicted octanol–water partition coefficient (Wildman–Crippen LogP) is 2.86. The second-order valence-electron chi connectivity index (χ2n) is 7.30. The Kier molecular flexibility index (Phi) is 8.25. The summed E-state index contributed by atoms with van der Waals surface area (Å²) >= 11 is 0. The highest BCUT2D eigenvalue weighted by Gasteiger charge is 2.17. The SMILES string of the molecule is COc1ccc(COC[C@@H](O)C[NH+](Cc2ccccc2)Cc2ccccc2)cc1. The van der Waals surface area contributed by atoms with Crippen molar-refractivity contribution in [2.45, 2.75) is 25.8 Å². The number of quaternary nitrogens is 1. The van der Waals surface area contributed by atoms with E-state index >= 15 is 0 Å². The van der Waals surface area contributed by atoms with Crippen molar-refractivity contribution in [3.05, 3.63) is 102 Å². The summed E-state index contributed by atoms with van der Waals surface area (Å²) in [5.74, 6) is 0.829. The molecule has 0 saturated carbocycles. The first-order valence-electron chi connectivity index (χ1n) is 10.0. The molecule has 3 rings (SSSR count). The summed E-state index contributed by atoms with van der Waals surface area (Å²) in [4.78, 5) is 1.31. The summed E-state index contributed by atoms with van der Waals surface area (Å²) in [6, 6.07) is 28.6. The van der Waals surface area contributed by atoms with Crippen LogP contribution in [0.5, 0.6) is 5.75 Å². The quantitative estimate of drug-likeness (QED) is 0.527. The van der Waals surface area contributed by atoms with E-state index in [1.54, 1.807) is 7.11 Å². The summed E-state index contributed by atoms with van der Waals surface area (Å²) in [6.07, 6.45) is -0.518. The van der Waals surface area contributed by atoms with Gasteiger partial charge >= 0.3 is 0 Å². The van der Waals surface area contributed by atoms with Crippen LogP contribution in [0.4, 0.5) is 0 Å². The Morgan fingerprint density at radius 2 is 1.31 bits per heavy atom. The van der Waals surface area contributed by atoms with Gasteiger partial charge in [0.15, 0.2) is 0 Å². The summed E-state index contributed by atoms with van der Waals surface area (Å²) in [5, 5.41) is 10.6. The van der Waals surface area contributed by atoms with Gasteiger partial charge in [0.2, 0.25) is 0 Å². The van der Waals surface area contributed by atoms with Gasteiger partial charge in [0.1, 0.15) is 31.5 Å². The highest BCUT2D eigenvalue weighted by Crippen LogP contribution is 2.12. The number of nitrogens with one attached hydrogen (secondary N) is 1. The maximum Gasteiger partial charge on any atom is 0.126 e. The zero-order chi connectivity index (χ0) is 20.3. The standard InChI is InChI=1S/C25H29NO3/c1-28-25-14-12-23(13-15-25)19-29-20-24(27)18-26(16-21-8-4-2-5-9-21)17-22-10-6-3-7-11-22/h2-15,24,27H,16-20H2,1H3/p+1/t24-/m0/s1. The smallest absolute Gasteiger partial charge is 0.126 e. The fourth-order valence-electron chi connectivity index (χ4n) is 3.40. The minimum Gasteiger partial charge on any atom is -0.497 e. The molecule has 0 aliphatic carbocycles. The molecule has 3 aromatic rings. The number of hydrogen-bond donors (Lipinski definition) is 2. The third-order valence-corrected chi connectivity index (χ3v) is 4.86. The lowest BCUT2D eigenvalue weighted by molar-refractivity contribution is -0.930. The van der Waals surface area contributed by atoms with Crippen molar-refractivity contribution < 1.29 is 19.5 Å². The van der Waals surface area contributed by atoms with E-state index in [2.05, 4.69) is 48.5 Å². The second kappa shape index (κ2) is 11.4. The number of hydrogen-bond acceptors (Lipinski definition) is 3. The van der Waals surface area contributed by atoms with Crippen LogP contribution in [0.15, 0.2) is 84.9 Å². The van der Waals surface area contributed by atoms with Crippen molar-refractivity contribution in [2.24, 2.45) is 0 Å².